The molecule has 0 aliphatic carbocycles. The van der Waals surface area contributed by atoms with Crippen LogP contribution < -0.4 is 28.3 Å². The van der Waals surface area contributed by atoms with Gasteiger partial charge in [0, 0.05) is 5.56 Å². The van der Waals surface area contributed by atoms with Crippen LogP contribution in [-0.4, -0.2) is 40.2 Å². The maximum Gasteiger partial charge on any atom is 0.320 e. The molecule has 0 radical (unpaired) electrons. The third-order valence-electron chi connectivity index (χ3n) is 3.33. The van der Waals surface area contributed by atoms with E-state index in [1.54, 1.807) is 0 Å². The van der Waals surface area contributed by atoms with Gasteiger partial charge in [0.05, 0.1) is 0 Å². The molecule has 0 saturated carbocycles. The average Bonchev–Trinajstić information content (AvgIpc) is 2.43. The van der Waals surface area contributed by atoms with Crippen molar-refractivity contribution < 1.29 is 9.90 Å². The van der Waals surface area contributed by atoms with Crippen molar-refractivity contribution in [1.82, 2.24) is 15.3 Å². The molecule has 1 unspecified atom stereocenters. The standard InChI is InChI=1S/C13H25N7O2/c14-6-2-1-5-9(12(21)22)18-7-3-4-8-10(15)19-13(17)20-11(8)16/h9,18H,1-7,14H2,(H,21,22)(H6,15,16,17,19,20). The quantitative estimate of drug-likeness (QED) is 0.305. The lowest BCUT2D eigenvalue weighted by Gasteiger charge is -2.14. The van der Waals surface area contributed by atoms with E-state index in [-0.39, 0.29) is 17.6 Å². The molecule has 0 aromatic carbocycles. The number of anilines is 3. The van der Waals surface area contributed by atoms with Gasteiger partial charge < -0.3 is 33.4 Å². The van der Waals surface area contributed by atoms with Crippen LogP contribution in [0.2, 0.25) is 0 Å². The molecule has 1 aromatic heterocycles. The number of nitrogens with two attached hydrogens (primary N) is 4. The molecule has 10 N–H and O–H groups in total. The third kappa shape index (κ3) is 5.70. The fraction of sp³-hybridized carbons (Fsp3) is 0.615. The fourth-order valence-corrected chi connectivity index (χ4v) is 2.14. The summed E-state index contributed by atoms with van der Waals surface area (Å²) < 4.78 is 0. The van der Waals surface area contributed by atoms with E-state index in [9.17, 15) is 4.79 Å². The van der Waals surface area contributed by atoms with Crippen LogP contribution in [0.4, 0.5) is 17.6 Å². The van der Waals surface area contributed by atoms with Gasteiger partial charge in [-0.25, -0.2) is 0 Å². The first-order chi connectivity index (χ1) is 10.5. The topological polar surface area (TPSA) is 179 Å². The van der Waals surface area contributed by atoms with Crippen molar-refractivity contribution in [3.8, 4) is 0 Å². The molecule has 0 saturated heterocycles. The number of aliphatic carboxylic acids is 1. The number of carbonyl (C=O) groups is 1. The van der Waals surface area contributed by atoms with Crippen molar-refractivity contribution >= 4 is 23.6 Å². The number of nitrogen functional groups attached to an aromatic ring is 3. The van der Waals surface area contributed by atoms with Gasteiger partial charge in [-0.2, -0.15) is 9.97 Å². The zero-order chi connectivity index (χ0) is 16.5. The predicted molar refractivity (Wildman–Crippen MR) is 85.9 cm³/mol. The Morgan fingerprint density at radius 2 is 1.77 bits per heavy atom. The molecule has 0 amide bonds. The Bertz CT molecular complexity index is 472. The van der Waals surface area contributed by atoms with Gasteiger partial charge in [0.1, 0.15) is 17.7 Å². The molecule has 1 heterocycles. The van der Waals surface area contributed by atoms with E-state index in [4.69, 9.17) is 28.0 Å². The number of nitrogens with one attached hydrogen (secondary N) is 1. The number of nitrogens with zero attached hydrogens (tertiary/aromatic N) is 2. The highest BCUT2D eigenvalue weighted by Gasteiger charge is 2.16. The van der Waals surface area contributed by atoms with Crippen LogP contribution in [-0.2, 0) is 11.2 Å². The first-order valence-electron chi connectivity index (χ1n) is 7.29. The van der Waals surface area contributed by atoms with Gasteiger partial charge >= 0.3 is 5.97 Å². The second kappa shape index (κ2) is 9.00. The van der Waals surface area contributed by atoms with E-state index < -0.39 is 12.0 Å². The van der Waals surface area contributed by atoms with Crippen LogP contribution in [0.15, 0.2) is 0 Å². The Balaban J connectivity index is 2.41. The smallest absolute Gasteiger partial charge is 0.320 e. The van der Waals surface area contributed by atoms with Crippen molar-refractivity contribution in [2.75, 3.05) is 30.3 Å². The summed E-state index contributed by atoms with van der Waals surface area (Å²) in [5, 5.41) is 12.2. The summed E-state index contributed by atoms with van der Waals surface area (Å²) in [5.74, 6) is -0.278. The molecule has 1 rings (SSSR count). The molecule has 0 bridgehead atoms. The van der Waals surface area contributed by atoms with Crippen LogP contribution in [0.3, 0.4) is 0 Å². The Morgan fingerprint density at radius 3 is 2.32 bits per heavy atom. The van der Waals surface area contributed by atoms with Crippen LogP contribution in [0.25, 0.3) is 0 Å². The first-order valence-corrected chi connectivity index (χ1v) is 7.29. The van der Waals surface area contributed by atoms with Gasteiger partial charge in [-0.05, 0) is 38.8 Å². The van der Waals surface area contributed by atoms with Gasteiger partial charge in [-0.1, -0.05) is 6.42 Å². The highest BCUT2D eigenvalue weighted by atomic mass is 16.4. The second-order valence-electron chi connectivity index (χ2n) is 5.06. The highest BCUT2D eigenvalue weighted by Crippen LogP contribution is 2.18. The van der Waals surface area contributed by atoms with E-state index in [2.05, 4.69) is 15.3 Å². The summed E-state index contributed by atoms with van der Waals surface area (Å²) in [6.07, 6.45) is 3.39. The SMILES string of the molecule is NCCCCC(NCCCc1c(N)nc(N)nc1N)C(=O)O. The van der Waals surface area contributed by atoms with Crippen molar-refractivity contribution in [2.24, 2.45) is 5.73 Å². The number of hydrogen-bond acceptors (Lipinski definition) is 8. The maximum atomic E-state index is 11.1. The molecule has 22 heavy (non-hydrogen) atoms. The maximum absolute atomic E-state index is 11.1. The molecule has 9 heteroatoms. The molecular formula is C13H25N7O2. The van der Waals surface area contributed by atoms with Gasteiger partial charge in [0.15, 0.2) is 0 Å². The molecule has 0 spiro atoms. The Labute approximate surface area is 129 Å². The monoisotopic (exact) mass is 311 g/mol. The zero-order valence-electron chi connectivity index (χ0n) is 12.6. The predicted octanol–water partition coefficient (Wildman–Crippen LogP) is -0.672. The highest BCUT2D eigenvalue weighted by molar-refractivity contribution is 5.73. The van der Waals surface area contributed by atoms with Crippen molar-refractivity contribution in [3.05, 3.63) is 5.56 Å². The molecule has 0 aliphatic heterocycles. The minimum Gasteiger partial charge on any atom is -0.480 e. The van der Waals surface area contributed by atoms with Crippen molar-refractivity contribution in [1.29, 1.82) is 0 Å². The number of unbranched alkanes of at least 4 members (excludes halogenated alkanes) is 1. The molecule has 0 fully saturated rings. The Morgan fingerprint density at radius 1 is 1.14 bits per heavy atom. The van der Waals surface area contributed by atoms with Gasteiger partial charge in [-0.15, -0.1) is 0 Å². The summed E-state index contributed by atoms with van der Waals surface area (Å²) in [7, 11) is 0. The van der Waals surface area contributed by atoms with E-state index in [1.807, 2.05) is 0 Å². The summed E-state index contributed by atoms with van der Waals surface area (Å²) >= 11 is 0. The number of hydrogen-bond donors (Lipinski definition) is 6. The minimum absolute atomic E-state index is 0.0442. The Hall–Kier alpha value is -2.13. The zero-order valence-corrected chi connectivity index (χ0v) is 12.6. The lowest BCUT2D eigenvalue weighted by Crippen LogP contribution is -2.37. The molecule has 1 aromatic rings. The van der Waals surface area contributed by atoms with E-state index in [1.165, 1.54) is 0 Å². The Kier molecular flexibility index (Phi) is 7.33. The number of carboxylic acid groups (broad SMARTS) is 1. The van der Waals surface area contributed by atoms with Crippen molar-refractivity contribution in [3.63, 3.8) is 0 Å². The van der Waals surface area contributed by atoms with Gasteiger partial charge in [-0.3, -0.25) is 4.79 Å². The number of aromatic nitrogens is 2. The van der Waals surface area contributed by atoms with Gasteiger partial charge in [0.2, 0.25) is 5.95 Å². The number of rotatable bonds is 10. The van der Waals surface area contributed by atoms with E-state index in [0.29, 0.717) is 37.9 Å². The lowest BCUT2D eigenvalue weighted by atomic mass is 10.1. The average molecular weight is 311 g/mol. The van der Waals surface area contributed by atoms with E-state index >= 15 is 0 Å². The molecule has 0 aliphatic rings. The summed E-state index contributed by atoms with van der Waals surface area (Å²) in [6, 6.07) is -0.566. The van der Waals surface area contributed by atoms with Crippen LogP contribution >= 0.6 is 0 Å². The molecule has 9 nitrogen and oxygen atoms in total. The molecular weight excluding hydrogens is 286 g/mol. The lowest BCUT2D eigenvalue weighted by molar-refractivity contribution is -0.139. The fourth-order valence-electron chi connectivity index (χ4n) is 2.14. The van der Waals surface area contributed by atoms with E-state index in [0.717, 1.165) is 12.8 Å². The van der Waals surface area contributed by atoms with Crippen LogP contribution in [0, 0.1) is 0 Å². The first kappa shape index (κ1) is 17.9. The normalized spacial score (nSPS) is 12.2. The summed E-state index contributed by atoms with van der Waals surface area (Å²) in [5.41, 5.74) is 23.0. The van der Waals surface area contributed by atoms with Crippen LogP contribution in [0.5, 0.6) is 0 Å². The van der Waals surface area contributed by atoms with Gasteiger partial charge in [0.25, 0.3) is 0 Å². The van der Waals surface area contributed by atoms with Crippen molar-refractivity contribution in [2.45, 2.75) is 38.1 Å². The third-order valence-corrected chi connectivity index (χ3v) is 3.33. The van der Waals surface area contributed by atoms with Crippen LogP contribution in [0.1, 0.15) is 31.2 Å². The molecule has 1 atom stereocenters. The second-order valence-corrected chi connectivity index (χ2v) is 5.06. The number of carboxylic acids is 1. The summed E-state index contributed by atoms with van der Waals surface area (Å²) in [6.45, 7) is 1.10. The largest absolute Gasteiger partial charge is 0.480 e. The summed E-state index contributed by atoms with van der Waals surface area (Å²) in [4.78, 5) is 18.9. The minimum atomic E-state index is -0.855. The molecule has 124 valence electrons.